The zero-order chi connectivity index (χ0) is 15.6. The SMILES string of the molecule is Cc1cc(F)c(S(=O)(=O)NC(C)c2ccncc2)cc1N. The van der Waals surface area contributed by atoms with E-state index in [2.05, 4.69) is 9.71 Å². The van der Waals surface area contributed by atoms with Crippen LogP contribution in [-0.4, -0.2) is 13.4 Å². The van der Waals surface area contributed by atoms with E-state index in [0.717, 1.165) is 17.7 Å². The lowest BCUT2D eigenvalue weighted by Crippen LogP contribution is -2.27. The third kappa shape index (κ3) is 3.37. The first kappa shape index (κ1) is 15.4. The Labute approximate surface area is 123 Å². The van der Waals surface area contributed by atoms with Gasteiger partial charge in [-0.05, 0) is 49.2 Å². The fraction of sp³-hybridized carbons (Fsp3) is 0.214. The molecule has 0 saturated heterocycles. The maximum atomic E-state index is 13.9. The highest BCUT2D eigenvalue weighted by molar-refractivity contribution is 7.89. The zero-order valence-corrected chi connectivity index (χ0v) is 12.5. The van der Waals surface area contributed by atoms with Crippen LogP contribution in [0.2, 0.25) is 0 Å². The monoisotopic (exact) mass is 309 g/mol. The Kier molecular flexibility index (Phi) is 4.24. The van der Waals surface area contributed by atoms with Crippen molar-refractivity contribution < 1.29 is 12.8 Å². The topological polar surface area (TPSA) is 85.1 Å². The number of nitrogen functional groups attached to an aromatic ring is 1. The molecule has 2 aromatic rings. The Morgan fingerprint density at radius 3 is 2.52 bits per heavy atom. The largest absolute Gasteiger partial charge is 0.398 e. The van der Waals surface area contributed by atoms with Crippen LogP contribution in [-0.2, 0) is 10.0 Å². The van der Waals surface area contributed by atoms with E-state index in [-0.39, 0.29) is 5.69 Å². The number of aryl methyl sites for hydroxylation is 1. The van der Waals surface area contributed by atoms with Gasteiger partial charge in [0.1, 0.15) is 10.7 Å². The van der Waals surface area contributed by atoms with Gasteiger partial charge in [0.15, 0.2) is 0 Å². The van der Waals surface area contributed by atoms with Gasteiger partial charge in [0.05, 0.1) is 0 Å². The number of halogens is 1. The lowest BCUT2D eigenvalue weighted by Gasteiger charge is -2.15. The van der Waals surface area contributed by atoms with Crippen LogP contribution in [0.15, 0.2) is 41.6 Å². The number of hydrogen-bond donors (Lipinski definition) is 2. The molecular weight excluding hydrogens is 293 g/mol. The minimum Gasteiger partial charge on any atom is -0.398 e. The van der Waals surface area contributed by atoms with Gasteiger partial charge in [-0.15, -0.1) is 0 Å². The van der Waals surface area contributed by atoms with E-state index >= 15 is 0 Å². The van der Waals surface area contributed by atoms with Gasteiger partial charge >= 0.3 is 0 Å². The lowest BCUT2D eigenvalue weighted by atomic mass is 10.1. The minimum absolute atomic E-state index is 0.230. The molecule has 0 fully saturated rings. The Bertz CT molecular complexity index is 748. The van der Waals surface area contributed by atoms with Gasteiger partial charge in [-0.25, -0.2) is 17.5 Å². The van der Waals surface area contributed by atoms with Crippen LogP contribution in [0.25, 0.3) is 0 Å². The molecule has 1 unspecified atom stereocenters. The van der Waals surface area contributed by atoms with Gasteiger partial charge in [-0.3, -0.25) is 4.98 Å². The number of nitrogens with two attached hydrogens (primary N) is 1. The number of nitrogens with zero attached hydrogens (tertiary/aromatic N) is 1. The molecule has 1 aromatic heterocycles. The summed E-state index contributed by atoms with van der Waals surface area (Å²) in [6.07, 6.45) is 3.12. The molecule has 1 aromatic carbocycles. The zero-order valence-electron chi connectivity index (χ0n) is 11.7. The van der Waals surface area contributed by atoms with Crippen molar-refractivity contribution >= 4 is 15.7 Å². The Hall–Kier alpha value is -1.99. The van der Waals surface area contributed by atoms with E-state index in [1.54, 1.807) is 38.4 Å². The highest BCUT2D eigenvalue weighted by Gasteiger charge is 2.23. The first-order valence-electron chi connectivity index (χ1n) is 6.29. The number of aromatic nitrogens is 1. The van der Waals surface area contributed by atoms with Crippen LogP contribution < -0.4 is 10.5 Å². The summed E-state index contributed by atoms with van der Waals surface area (Å²) in [6, 6.07) is 5.10. The van der Waals surface area contributed by atoms with Gasteiger partial charge in [0, 0.05) is 24.1 Å². The van der Waals surface area contributed by atoms with E-state index in [1.807, 2.05) is 0 Å². The molecule has 0 amide bonds. The number of rotatable bonds is 4. The van der Waals surface area contributed by atoms with Crippen LogP contribution in [0.5, 0.6) is 0 Å². The molecule has 1 heterocycles. The molecule has 0 spiro atoms. The van der Waals surface area contributed by atoms with Crippen molar-refractivity contribution in [1.82, 2.24) is 9.71 Å². The molecule has 0 aliphatic rings. The molecule has 1 atom stereocenters. The predicted molar refractivity (Wildman–Crippen MR) is 78.5 cm³/mol. The van der Waals surface area contributed by atoms with Crippen molar-refractivity contribution in [1.29, 1.82) is 0 Å². The standard InChI is InChI=1S/C14H16FN3O2S/c1-9-7-12(15)14(8-13(9)16)21(19,20)18-10(2)11-3-5-17-6-4-11/h3-8,10,18H,16H2,1-2H3. The number of nitrogens with one attached hydrogen (secondary N) is 1. The Balaban J connectivity index is 2.33. The maximum absolute atomic E-state index is 13.9. The predicted octanol–water partition coefficient (Wildman–Crippen LogP) is 2.15. The summed E-state index contributed by atoms with van der Waals surface area (Å²) in [4.78, 5) is 3.41. The number of hydrogen-bond acceptors (Lipinski definition) is 4. The molecule has 5 nitrogen and oxygen atoms in total. The van der Waals surface area contributed by atoms with Gasteiger partial charge in [0.25, 0.3) is 0 Å². The van der Waals surface area contributed by atoms with Crippen LogP contribution >= 0.6 is 0 Å². The van der Waals surface area contributed by atoms with Crippen LogP contribution in [0.1, 0.15) is 24.1 Å². The van der Waals surface area contributed by atoms with Gasteiger partial charge in [-0.1, -0.05) is 0 Å². The fourth-order valence-electron chi connectivity index (χ4n) is 1.89. The summed E-state index contributed by atoms with van der Waals surface area (Å²) in [7, 11) is -4.00. The quantitative estimate of drug-likeness (QED) is 0.847. The number of benzene rings is 1. The van der Waals surface area contributed by atoms with E-state index in [0.29, 0.717) is 5.56 Å². The second-order valence-electron chi connectivity index (χ2n) is 4.76. The highest BCUT2D eigenvalue weighted by Crippen LogP contribution is 2.23. The number of sulfonamides is 1. The average Bonchev–Trinajstić information content (AvgIpc) is 2.43. The smallest absolute Gasteiger partial charge is 0.244 e. The van der Waals surface area contributed by atoms with E-state index in [9.17, 15) is 12.8 Å². The summed E-state index contributed by atoms with van der Waals surface area (Å²) in [5.74, 6) is -0.823. The highest BCUT2D eigenvalue weighted by atomic mass is 32.2. The van der Waals surface area contributed by atoms with E-state index in [4.69, 9.17) is 5.73 Å². The summed E-state index contributed by atoms with van der Waals surface area (Å²) < 4.78 is 40.9. The summed E-state index contributed by atoms with van der Waals surface area (Å²) >= 11 is 0. The summed E-state index contributed by atoms with van der Waals surface area (Å²) in [6.45, 7) is 3.28. The van der Waals surface area contributed by atoms with Crippen molar-refractivity contribution in [3.8, 4) is 0 Å². The normalized spacial score (nSPS) is 13.1. The van der Waals surface area contributed by atoms with Crippen LogP contribution in [0, 0.1) is 12.7 Å². The minimum atomic E-state index is -4.00. The van der Waals surface area contributed by atoms with Crippen molar-refractivity contribution in [2.75, 3.05) is 5.73 Å². The van der Waals surface area contributed by atoms with Crippen molar-refractivity contribution in [2.45, 2.75) is 24.8 Å². The third-order valence-corrected chi connectivity index (χ3v) is 4.70. The number of pyridine rings is 1. The molecule has 0 aliphatic carbocycles. The van der Waals surface area contributed by atoms with Crippen LogP contribution in [0.4, 0.5) is 10.1 Å². The molecule has 0 bridgehead atoms. The van der Waals surface area contributed by atoms with Gasteiger partial charge in [0.2, 0.25) is 10.0 Å². The molecule has 0 saturated carbocycles. The molecule has 112 valence electrons. The number of anilines is 1. The Morgan fingerprint density at radius 2 is 1.90 bits per heavy atom. The third-order valence-electron chi connectivity index (χ3n) is 3.15. The molecule has 0 radical (unpaired) electrons. The first-order chi connectivity index (χ1) is 9.81. The molecule has 7 heteroatoms. The first-order valence-corrected chi connectivity index (χ1v) is 7.77. The van der Waals surface area contributed by atoms with Crippen molar-refractivity contribution in [3.63, 3.8) is 0 Å². The second kappa shape index (κ2) is 5.79. The molecule has 3 N–H and O–H groups in total. The second-order valence-corrected chi connectivity index (χ2v) is 6.45. The molecule has 0 aliphatic heterocycles. The van der Waals surface area contributed by atoms with Crippen molar-refractivity contribution in [3.05, 3.63) is 53.6 Å². The summed E-state index contributed by atoms with van der Waals surface area (Å²) in [5, 5.41) is 0. The van der Waals surface area contributed by atoms with Crippen LogP contribution in [0.3, 0.4) is 0 Å². The van der Waals surface area contributed by atoms with E-state index in [1.165, 1.54) is 0 Å². The summed E-state index contributed by atoms with van der Waals surface area (Å²) in [5.41, 5.74) is 7.12. The average molecular weight is 309 g/mol. The van der Waals surface area contributed by atoms with Gasteiger partial charge < -0.3 is 5.73 Å². The lowest BCUT2D eigenvalue weighted by molar-refractivity contribution is 0.546. The Morgan fingerprint density at radius 1 is 1.29 bits per heavy atom. The van der Waals surface area contributed by atoms with E-state index < -0.39 is 26.8 Å². The molecular formula is C14H16FN3O2S. The van der Waals surface area contributed by atoms with Crippen molar-refractivity contribution in [2.24, 2.45) is 0 Å². The van der Waals surface area contributed by atoms with Gasteiger partial charge in [-0.2, -0.15) is 0 Å². The molecule has 21 heavy (non-hydrogen) atoms. The fourth-order valence-corrected chi connectivity index (χ4v) is 3.22. The maximum Gasteiger partial charge on any atom is 0.244 e. The molecule has 2 rings (SSSR count).